The lowest BCUT2D eigenvalue weighted by atomic mass is 10.1. The van der Waals surface area contributed by atoms with Crippen LogP contribution in [0.3, 0.4) is 0 Å². The Bertz CT molecular complexity index is 747. The normalized spacial score (nSPS) is 12.7. The molecule has 2 atom stereocenters. The molecule has 1 N–H and O–H groups in total. The second-order valence-electron chi connectivity index (χ2n) is 5.78. The largest absolute Gasteiger partial charge is 0.497 e. The van der Waals surface area contributed by atoms with Crippen LogP contribution in [0, 0.1) is 0 Å². The van der Waals surface area contributed by atoms with E-state index in [-0.39, 0.29) is 11.9 Å². The van der Waals surface area contributed by atoms with Crippen molar-refractivity contribution in [1.29, 1.82) is 0 Å². The second-order valence-corrected chi connectivity index (χ2v) is 5.78. The van der Waals surface area contributed by atoms with Crippen LogP contribution in [0.5, 0.6) is 23.0 Å². The molecule has 1 amide bonds. The van der Waals surface area contributed by atoms with E-state index in [0.29, 0.717) is 23.0 Å². The molecule has 0 spiro atoms. The minimum atomic E-state index is -0.648. The number of nitrogens with one attached hydrogen (secondary N) is 1. The van der Waals surface area contributed by atoms with E-state index in [0.717, 1.165) is 5.56 Å². The molecule has 0 radical (unpaired) electrons. The van der Waals surface area contributed by atoms with E-state index >= 15 is 0 Å². The molecule has 0 fully saturated rings. The lowest BCUT2D eigenvalue weighted by Gasteiger charge is -2.20. The number of benzene rings is 2. The summed E-state index contributed by atoms with van der Waals surface area (Å²) in [7, 11) is 4.75. The van der Waals surface area contributed by atoms with Crippen LogP contribution in [-0.2, 0) is 4.79 Å². The summed E-state index contributed by atoms with van der Waals surface area (Å²) in [6, 6.07) is 12.5. The number of carbonyl (C=O) groups is 1. The van der Waals surface area contributed by atoms with Crippen LogP contribution in [0.2, 0.25) is 0 Å². The summed E-state index contributed by atoms with van der Waals surface area (Å²) in [4.78, 5) is 12.4. The highest BCUT2D eigenvalue weighted by Crippen LogP contribution is 2.30. The SMILES string of the molecule is COc1cccc(OC(C)C(=O)NC(C)c2ccc(OC)c(OC)c2)c1. The molecule has 2 unspecified atom stereocenters. The van der Waals surface area contributed by atoms with Crippen molar-refractivity contribution in [3.05, 3.63) is 48.0 Å². The second kappa shape index (κ2) is 8.99. The van der Waals surface area contributed by atoms with E-state index in [1.807, 2.05) is 37.3 Å². The Morgan fingerprint density at radius 2 is 1.58 bits per heavy atom. The minimum absolute atomic E-state index is 0.210. The summed E-state index contributed by atoms with van der Waals surface area (Å²) >= 11 is 0. The first kappa shape index (κ1) is 19.4. The van der Waals surface area contributed by atoms with Gasteiger partial charge in [0.05, 0.1) is 27.4 Å². The Balaban J connectivity index is 2.01. The molecule has 26 heavy (non-hydrogen) atoms. The fourth-order valence-corrected chi connectivity index (χ4v) is 2.47. The van der Waals surface area contributed by atoms with E-state index in [1.165, 1.54) is 0 Å². The summed E-state index contributed by atoms with van der Waals surface area (Å²) in [5, 5.41) is 2.94. The molecule has 2 rings (SSSR count). The number of rotatable bonds is 8. The highest BCUT2D eigenvalue weighted by molar-refractivity contribution is 5.81. The Morgan fingerprint density at radius 1 is 0.885 bits per heavy atom. The number of amides is 1. The van der Waals surface area contributed by atoms with E-state index < -0.39 is 6.10 Å². The molecular weight excluding hydrogens is 334 g/mol. The maximum atomic E-state index is 12.4. The molecule has 0 aliphatic heterocycles. The van der Waals surface area contributed by atoms with Gasteiger partial charge < -0.3 is 24.3 Å². The average molecular weight is 359 g/mol. The fraction of sp³-hybridized carbons (Fsp3) is 0.350. The molecular formula is C20H25NO5. The van der Waals surface area contributed by atoms with Gasteiger partial charge in [-0.15, -0.1) is 0 Å². The molecule has 0 aromatic heterocycles. The summed E-state index contributed by atoms with van der Waals surface area (Å²) in [6.07, 6.45) is -0.648. The fourth-order valence-electron chi connectivity index (χ4n) is 2.47. The summed E-state index contributed by atoms with van der Waals surface area (Å²) in [5.74, 6) is 2.30. The predicted octanol–water partition coefficient (Wildman–Crippen LogP) is 3.36. The summed E-state index contributed by atoms with van der Waals surface area (Å²) in [6.45, 7) is 3.60. The minimum Gasteiger partial charge on any atom is -0.497 e. The van der Waals surface area contributed by atoms with Gasteiger partial charge in [-0.25, -0.2) is 0 Å². The van der Waals surface area contributed by atoms with Crippen LogP contribution in [0.4, 0.5) is 0 Å². The van der Waals surface area contributed by atoms with Gasteiger partial charge >= 0.3 is 0 Å². The van der Waals surface area contributed by atoms with Gasteiger partial charge in [0.1, 0.15) is 11.5 Å². The van der Waals surface area contributed by atoms with E-state index in [4.69, 9.17) is 18.9 Å². The number of hydrogen-bond donors (Lipinski definition) is 1. The molecule has 0 aliphatic rings. The van der Waals surface area contributed by atoms with Gasteiger partial charge in [-0.2, -0.15) is 0 Å². The molecule has 2 aromatic rings. The summed E-state index contributed by atoms with van der Waals surface area (Å²) < 4.78 is 21.4. The first-order chi connectivity index (χ1) is 12.5. The number of methoxy groups -OCH3 is 3. The zero-order chi connectivity index (χ0) is 19.1. The van der Waals surface area contributed by atoms with Crippen molar-refractivity contribution in [3.8, 4) is 23.0 Å². The van der Waals surface area contributed by atoms with Crippen molar-refractivity contribution in [2.24, 2.45) is 0 Å². The third-order valence-electron chi connectivity index (χ3n) is 3.99. The average Bonchev–Trinajstić information content (AvgIpc) is 2.67. The van der Waals surface area contributed by atoms with E-state index in [1.54, 1.807) is 40.4 Å². The molecule has 0 saturated heterocycles. The first-order valence-electron chi connectivity index (χ1n) is 8.31. The smallest absolute Gasteiger partial charge is 0.261 e. The Hall–Kier alpha value is -2.89. The van der Waals surface area contributed by atoms with Gasteiger partial charge in [0.2, 0.25) is 0 Å². The number of carbonyl (C=O) groups excluding carboxylic acids is 1. The van der Waals surface area contributed by atoms with E-state index in [2.05, 4.69) is 5.32 Å². The highest BCUT2D eigenvalue weighted by atomic mass is 16.5. The maximum absolute atomic E-state index is 12.4. The monoisotopic (exact) mass is 359 g/mol. The zero-order valence-electron chi connectivity index (χ0n) is 15.7. The molecule has 2 aromatic carbocycles. The van der Waals surface area contributed by atoms with Gasteiger partial charge in [0, 0.05) is 6.07 Å². The van der Waals surface area contributed by atoms with Crippen molar-refractivity contribution in [3.63, 3.8) is 0 Å². The van der Waals surface area contributed by atoms with E-state index in [9.17, 15) is 4.79 Å². The predicted molar refractivity (Wildman–Crippen MR) is 99.2 cm³/mol. The molecule has 0 aliphatic carbocycles. The first-order valence-corrected chi connectivity index (χ1v) is 8.31. The van der Waals surface area contributed by atoms with Crippen LogP contribution in [0.25, 0.3) is 0 Å². The molecule has 140 valence electrons. The van der Waals surface area contributed by atoms with Gasteiger partial charge in [-0.05, 0) is 43.7 Å². The lowest BCUT2D eigenvalue weighted by Crippen LogP contribution is -2.37. The van der Waals surface area contributed by atoms with Crippen LogP contribution in [0.1, 0.15) is 25.5 Å². The Morgan fingerprint density at radius 3 is 2.23 bits per heavy atom. The van der Waals surface area contributed by atoms with Crippen LogP contribution in [-0.4, -0.2) is 33.3 Å². The van der Waals surface area contributed by atoms with Crippen molar-refractivity contribution >= 4 is 5.91 Å². The molecule has 6 nitrogen and oxygen atoms in total. The van der Waals surface area contributed by atoms with Crippen molar-refractivity contribution in [1.82, 2.24) is 5.32 Å². The van der Waals surface area contributed by atoms with Gasteiger partial charge in [-0.3, -0.25) is 4.79 Å². The topological polar surface area (TPSA) is 66.0 Å². The van der Waals surface area contributed by atoms with Gasteiger partial charge in [0.25, 0.3) is 5.91 Å². The third kappa shape index (κ3) is 4.81. The highest BCUT2D eigenvalue weighted by Gasteiger charge is 2.19. The quantitative estimate of drug-likeness (QED) is 0.783. The van der Waals surface area contributed by atoms with Crippen LogP contribution >= 0.6 is 0 Å². The van der Waals surface area contributed by atoms with Crippen LogP contribution in [0.15, 0.2) is 42.5 Å². The maximum Gasteiger partial charge on any atom is 0.261 e. The van der Waals surface area contributed by atoms with Crippen LogP contribution < -0.4 is 24.3 Å². The van der Waals surface area contributed by atoms with Crippen molar-refractivity contribution in [2.45, 2.75) is 26.0 Å². The Labute approximate surface area is 154 Å². The standard InChI is InChI=1S/C20H25NO5/c1-13(15-9-10-18(24-4)19(11-15)25-5)21-20(22)14(2)26-17-8-6-7-16(12-17)23-3/h6-14H,1-5H3,(H,21,22). The van der Waals surface area contributed by atoms with Crippen molar-refractivity contribution in [2.75, 3.05) is 21.3 Å². The van der Waals surface area contributed by atoms with Crippen molar-refractivity contribution < 1.29 is 23.7 Å². The summed E-state index contributed by atoms with van der Waals surface area (Å²) in [5.41, 5.74) is 0.907. The zero-order valence-corrected chi connectivity index (χ0v) is 15.7. The number of hydrogen-bond acceptors (Lipinski definition) is 5. The van der Waals surface area contributed by atoms with Gasteiger partial charge in [-0.1, -0.05) is 12.1 Å². The molecule has 0 heterocycles. The third-order valence-corrected chi connectivity index (χ3v) is 3.99. The molecule has 0 bridgehead atoms. The van der Waals surface area contributed by atoms with Gasteiger partial charge in [0.15, 0.2) is 17.6 Å². The molecule has 6 heteroatoms. The molecule has 0 saturated carbocycles. The lowest BCUT2D eigenvalue weighted by molar-refractivity contribution is -0.127. The number of ether oxygens (including phenoxy) is 4. The Kier molecular flexibility index (Phi) is 6.72.